The van der Waals surface area contributed by atoms with Gasteiger partial charge in [0.25, 0.3) is 0 Å². The Hall–Kier alpha value is -0.370. The molecule has 1 rings (SSSR count). The lowest BCUT2D eigenvalue weighted by molar-refractivity contribution is 0.483. The number of rotatable bonds is 3. The van der Waals surface area contributed by atoms with Crippen molar-refractivity contribution in [1.82, 2.24) is 4.98 Å². The van der Waals surface area contributed by atoms with Crippen molar-refractivity contribution in [1.29, 1.82) is 0 Å². The van der Waals surface area contributed by atoms with E-state index in [4.69, 9.17) is 0 Å². The Bertz CT molecular complexity index is 191. The first-order chi connectivity index (χ1) is 5.25. The lowest BCUT2D eigenvalue weighted by Crippen LogP contribution is -2.04. The molecule has 0 aliphatic heterocycles. The lowest BCUT2D eigenvalue weighted by Gasteiger charge is -2.15. The van der Waals surface area contributed by atoms with E-state index >= 15 is 0 Å². The number of thiazole rings is 1. The van der Waals surface area contributed by atoms with E-state index in [-0.39, 0.29) is 0 Å². The van der Waals surface area contributed by atoms with E-state index in [1.54, 1.807) is 11.3 Å². The van der Waals surface area contributed by atoms with Gasteiger partial charge in [-0.05, 0) is 12.3 Å². The van der Waals surface area contributed by atoms with Crippen LogP contribution in [-0.2, 0) is 0 Å². The summed E-state index contributed by atoms with van der Waals surface area (Å²) in [4.78, 5) is 4.33. The molecule has 0 N–H and O–H groups in total. The van der Waals surface area contributed by atoms with Gasteiger partial charge in [-0.15, -0.1) is 11.3 Å². The van der Waals surface area contributed by atoms with Gasteiger partial charge in [-0.1, -0.05) is 20.8 Å². The van der Waals surface area contributed by atoms with Crippen molar-refractivity contribution in [2.45, 2.75) is 33.1 Å². The van der Waals surface area contributed by atoms with E-state index in [0.29, 0.717) is 11.8 Å². The fourth-order valence-corrected chi connectivity index (χ4v) is 2.35. The first-order valence-electron chi connectivity index (χ1n) is 4.15. The molecular weight excluding hydrogens is 154 g/mol. The zero-order chi connectivity index (χ0) is 8.27. The Balaban J connectivity index is 2.71. The highest BCUT2D eigenvalue weighted by Gasteiger charge is 2.15. The molecule has 0 saturated heterocycles. The van der Waals surface area contributed by atoms with Crippen LogP contribution in [0.15, 0.2) is 11.6 Å². The van der Waals surface area contributed by atoms with Gasteiger partial charge in [0.2, 0.25) is 0 Å². The first-order valence-corrected chi connectivity index (χ1v) is 5.03. The van der Waals surface area contributed by atoms with Crippen LogP contribution in [0.1, 0.15) is 38.1 Å². The summed E-state index contributed by atoms with van der Waals surface area (Å²) in [5.41, 5.74) is 0. The molecule has 0 spiro atoms. The van der Waals surface area contributed by atoms with E-state index in [9.17, 15) is 0 Å². The second-order valence-corrected chi connectivity index (χ2v) is 4.06. The maximum absolute atomic E-state index is 4.33. The fraction of sp³-hybridized carbons (Fsp3) is 0.667. The molecule has 0 bridgehead atoms. The molecule has 0 unspecified atom stereocenters. The van der Waals surface area contributed by atoms with Crippen LogP contribution in [0.25, 0.3) is 0 Å². The van der Waals surface area contributed by atoms with Crippen LogP contribution in [0.5, 0.6) is 0 Å². The Labute approximate surface area is 72.5 Å². The van der Waals surface area contributed by atoms with Crippen molar-refractivity contribution in [3.05, 3.63) is 16.6 Å². The van der Waals surface area contributed by atoms with Crippen LogP contribution in [0.3, 0.4) is 0 Å². The number of nitrogens with zero attached hydrogens (tertiary/aromatic N) is 1. The van der Waals surface area contributed by atoms with Crippen LogP contribution in [-0.4, -0.2) is 4.98 Å². The maximum atomic E-state index is 4.33. The maximum Gasteiger partial charge on any atom is 0.0958 e. The highest BCUT2D eigenvalue weighted by Crippen LogP contribution is 2.28. The van der Waals surface area contributed by atoms with Gasteiger partial charge >= 0.3 is 0 Å². The summed E-state index contributed by atoms with van der Waals surface area (Å²) >= 11 is 1.77. The first kappa shape index (κ1) is 8.72. The van der Waals surface area contributed by atoms with Gasteiger partial charge in [0.1, 0.15) is 0 Å². The molecule has 0 saturated carbocycles. The SMILES string of the molecule is CC[C@@H](c1nccs1)C(C)C. The van der Waals surface area contributed by atoms with E-state index < -0.39 is 0 Å². The summed E-state index contributed by atoms with van der Waals surface area (Å²) in [6.07, 6.45) is 3.09. The summed E-state index contributed by atoms with van der Waals surface area (Å²) in [7, 11) is 0. The van der Waals surface area contributed by atoms with Gasteiger partial charge < -0.3 is 0 Å². The minimum absolute atomic E-state index is 0.662. The monoisotopic (exact) mass is 169 g/mol. The molecule has 1 atom stereocenters. The van der Waals surface area contributed by atoms with Crippen LogP contribution < -0.4 is 0 Å². The standard InChI is InChI=1S/C9H15NS/c1-4-8(7(2)3)9-10-5-6-11-9/h5-8H,4H2,1-3H3/t8-/m1/s1. The second kappa shape index (κ2) is 3.86. The quantitative estimate of drug-likeness (QED) is 0.676. The van der Waals surface area contributed by atoms with Crippen molar-refractivity contribution < 1.29 is 0 Å². The minimum atomic E-state index is 0.662. The average Bonchev–Trinajstić information content (AvgIpc) is 2.40. The van der Waals surface area contributed by atoms with Crippen LogP contribution in [0, 0.1) is 5.92 Å². The Kier molecular flexibility index (Phi) is 3.06. The van der Waals surface area contributed by atoms with Crippen molar-refractivity contribution in [2.75, 3.05) is 0 Å². The van der Waals surface area contributed by atoms with Crippen molar-refractivity contribution >= 4 is 11.3 Å². The van der Waals surface area contributed by atoms with Crippen molar-refractivity contribution in [2.24, 2.45) is 5.92 Å². The molecule has 0 aliphatic rings. The summed E-state index contributed by atoms with van der Waals surface area (Å²) < 4.78 is 0. The molecular formula is C9H15NS. The van der Waals surface area contributed by atoms with Gasteiger partial charge in [-0.25, -0.2) is 4.98 Å². The Morgan fingerprint density at radius 3 is 2.64 bits per heavy atom. The van der Waals surface area contributed by atoms with E-state index in [0.717, 1.165) is 0 Å². The zero-order valence-electron chi connectivity index (χ0n) is 7.37. The topological polar surface area (TPSA) is 12.9 Å². The van der Waals surface area contributed by atoms with E-state index in [2.05, 4.69) is 31.1 Å². The molecule has 11 heavy (non-hydrogen) atoms. The average molecular weight is 169 g/mol. The van der Waals surface area contributed by atoms with E-state index in [1.807, 2.05) is 6.20 Å². The highest BCUT2D eigenvalue weighted by molar-refractivity contribution is 7.09. The molecule has 62 valence electrons. The molecule has 2 heteroatoms. The predicted octanol–water partition coefficient (Wildman–Crippen LogP) is 3.29. The number of hydrogen-bond acceptors (Lipinski definition) is 2. The fourth-order valence-electron chi connectivity index (χ4n) is 1.35. The minimum Gasteiger partial charge on any atom is -0.249 e. The van der Waals surface area contributed by atoms with Gasteiger partial charge in [-0.3, -0.25) is 0 Å². The smallest absolute Gasteiger partial charge is 0.0958 e. The molecule has 0 aliphatic carbocycles. The molecule has 1 nitrogen and oxygen atoms in total. The zero-order valence-corrected chi connectivity index (χ0v) is 8.19. The van der Waals surface area contributed by atoms with Crippen LogP contribution >= 0.6 is 11.3 Å². The van der Waals surface area contributed by atoms with Crippen LogP contribution in [0.2, 0.25) is 0 Å². The second-order valence-electron chi connectivity index (χ2n) is 3.13. The Morgan fingerprint density at radius 1 is 1.55 bits per heavy atom. The van der Waals surface area contributed by atoms with Gasteiger partial charge in [0.15, 0.2) is 0 Å². The number of aromatic nitrogens is 1. The predicted molar refractivity (Wildman–Crippen MR) is 50.0 cm³/mol. The van der Waals surface area contributed by atoms with Gasteiger partial charge in [0.05, 0.1) is 5.01 Å². The lowest BCUT2D eigenvalue weighted by atomic mass is 9.94. The third-order valence-corrected chi connectivity index (χ3v) is 2.92. The van der Waals surface area contributed by atoms with E-state index in [1.165, 1.54) is 11.4 Å². The summed E-state index contributed by atoms with van der Waals surface area (Å²) in [5.74, 6) is 1.38. The summed E-state index contributed by atoms with van der Waals surface area (Å²) in [6, 6.07) is 0. The summed E-state index contributed by atoms with van der Waals surface area (Å²) in [5, 5.41) is 3.35. The van der Waals surface area contributed by atoms with Gasteiger partial charge in [-0.2, -0.15) is 0 Å². The summed E-state index contributed by atoms with van der Waals surface area (Å²) in [6.45, 7) is 6.75. The molecule has 1 aromatic rings. The normalized spacial score (nSPS) is 13.8. The number of hydrogen-bond donors (Lipinski definition) is 0. The third-order valence-electron chi connectivity index (χ3n) is 2.01. The molecule has 0 radical (unpaired) electrons. The van der Waals surface area contributed by atoms with Crippen molar-refractivity contribution in [3.63, 3.8) is 0 Å². The highest BCUT2D eigenvalue weighted by atomic mass is 32.1. The third kappa shape index (κ3) is 2.03. The van der Waals surface area contributed by atoms with Crippen LogP contribution in [0.4, 0.5) is 0 Å². The Morgan fingerprint density at radius 2 is 2.27 bits per heavy atom. The molecule has 0 aromatic carbocycles. The largest absolute Gasteiger partial charge is 0.249 e. The van der Waals surface area contributed by atoms with Crippen molar-refractivity contribution in [3.8, 4) is 0 Å². The van der Waals surface area contributed by atoms with Gasteiger partial charge in [0, 0.05) is 17.5 Å². The molecule has 0 amide bonds. The molecule has 1 heterocycles. The molecule has 0 fully saturated rings. The molecule has 1 aromatic heterocycles.